The smallest absolute Gasteiger partial charge is 0.126 e. The molecule has 2 aromatic carbocycles. The van der Waals surface area contributed by atoms with E-state index in [0.717, 1.165) is 16.5 Å². The molecule has 4 heteroatoms. The quantitative estimate of drug-likeness (QED) is 0.742. The largest absolute Gasteiger partial charge is 0.496 e. The standard InChI is InChI=1S/C14H16O3S/c1-17-13-7-6-11(14(16)12(15)8-18)9-4-2-3-5-10(9)13/h2-7,12,14-16,18H,8H2,1H3. The average Bonchev–Trinajstić information content (AvgIpc) is 2.44. The first-order valence-corrected chi connectivity index (χ1v) is 6.35. The first-order valence-electron chi connectivity index (χ1n) is 5.71. The minimum absolute atomic E-state index is 0.210. The average molecular weight is 264 g/mol. The van der Waals surface area contributed by atoms with E-state index in [1.54, 1.807) is 19.2 Å². The van der Waals surface area contributed by atoms with Crippen LogP contribution in [0.5, 0.6) is 5.75 Å². The van der Waals surface area contributed by atoms with Gasteiger partial charge in [0.15, 0.2) is 0 Å². The van der Waals surface area contributed by atoms with Crippen LogP contribution in [0, 0.1) is 0 Å². The summed E-state index contributed by atoms with van der Waals surface area (Å²) in [5.41, 5.74) is 0.688. The first-order chi connectivity index (χ1) is 8.69. The monoisotopic (exact) mass is 264 g/mol. The third kappa shape index (κ3) is 2.32. The summed E-state index contributed by atoms with van der Waals surface area (Å²) in [6.07, 6.45) is -1.83. The van der Waals surface area contributed by atoms with Gasteiger partial charge in [-0.2, -0.15) is 12.6 Å². The van der Waals surface area contributed by atoms with Crippen molar-refractivity contribution in [1.82, 2.24) is 0 Å². The van der Waals surface area contributed by atoms with Crippen molar-refractivity contribution in [3.8, 4) is 5.75 Å². The Labute approximate surface area is 111 Å². The summed E-state index contributed by atoms with van der Waals surface area (Å²) < 4.78 is 5.29. The second-order valence-corrected chi connectivity index (χ2v) is 4.46. The van der Waals surface area contributed by atoms with Gasteiger partial charge in [0.05, 0.1) is 13.2 Å². The molecule has 0 aliphatic heterocycles. The summed E-state index contributed by atoms with van der Waals surface area (Å²) in [4.78, 5) is 0. The number of fused-ring (bicyclic) bond motifs is 1. The lowest BCUT2D eigenvalue weighted by atomic mass is 9.97. The highest BCUT2D eigenvalue weighted by atomic mass is 32.1. The van der Waals surface area contributed by atoms with E-state index in [-0.39, 0.29) is 5.75 Å². The van der Waals surface area contributed by atoms with Crippen LogP contribution in [0.3, 0.4) is 0 Å². The van der Waals surface area contributed by atoms with E-state index in [1.165, 1.54) is 0 Å². The van der Waals surface area contributed by atoms with Crippen LogP contribution in [-0.4, -0.2) is 29.2 Å². The zero-order valence-corrected chi connectivity index (χ0v) is 11.0. The van der Waals surface area contributed by atoms with Crippen LogP contribution in [-0.2, 0) is 0 Å². The zero-order valence-electron chi connectivity index (χ0n) is 10.1. The molecule has 2 unspecified atom stereocenters. The van der Waals surface area contributed by atoms with E-state index >= 15 is 0 Å². The Balaban J connectivity index is 2.59. The predicted octanol–water partition coefficient (Wildman–Crippen LogP) is 2.17. The lowest BCUT2D eigenvalue weighted by Gasteiger charge is -2.19. The summed E-state index contributed by atoms with van der Waals surface area (Å²) in [6, 6.07) is 11.2. The molecule has 0 spiro atoms. The van der Waals surface area contributed by atoms with E-state index in [0.29, 0.717) is 5.56 Å². The SMILES string of the molecule is COc1ccc(C(O)C(O)CS)c2ccccc12. The molecular weight excluding hydrogens is 248 g/mol. The fourth-order valence-corrected chi connectivity index (χ4v) is 2.24. The van der Waals surface area contributed by atoms with Gasteiger partial charge in [-0.3, -0.25) is 0 Å². The Morgan fingerprint density at radius 3 is 2.39 bits per heavy atom. The maximum atomic E-state index is 10.1. The highest BCUT2D eigenvalue weighted by Crippen LogP contribution is 2.32. The van der Waals surface area contributed by atoms with E-state index in [9.17, 15) is 10.2 Å². The van der Waals surface area contributed by atoms with E-state index in [4.69, 9.17) is 4.74 Å². The van der Waals surface area contributed by atoms with Crippen molar-refractivity contribution in [1.29, 1.82) is 0 Å². The lowest BCUT2D eigenvalue weighted by molar-refractivity contribution is 0.0347. The fourth-order valence-electron chi connectivity index (χ4n) is 2.04. The molecule has 2 atom stereocenters. The van der Waals surface area contributed by atoms with Crippen LogP contribution >= 0.6 is 12.6 Å². The minimum Gasteiger partial charge on any atom is -0.496 e. The highest BCUT2D eigenvalue weighted by molar-refractivity contribution is 7.80. The molecule has 0 saturated heterocycles. The lowest BCUT2D eigenvalue weighted by Crippen LogP contribution is -2.20. The van der Waals surface area contributed by atoms with Crippen molar-refractivity contribution in [3.63, 3.8) is 0 Å². The van der Waals surface area contributed by atoms with E-state index < -0.39 is 12.2 Å². The molecule has 2 N–H and O–H groups in total. The molecule has 0 fully saturated rings. The number of methoxy groups -OCH3 is 1. The molecule has 0 aliphatic rings. The number of ether oxygens (including phenoxy) is 1. The van der Waals surface area contributed by atoms with Crippen molar-refractivity contribution >= 4 is 23.4 Å². The molecule has 18 heavy (non-hydrogen) atoms. The van der Waals surface area contributed by atoms with Crippen molar-refractivity contribution < 1.29 is 14.9 Å². The maximum absolute atomic E-state index is 10.1. The number of aliphatic hydroxyl groups is 2. The van der Waals surface area contributed by atoms with Crippen molar-refractivity contribution in [3.05, 3.63) is 42.0 Å². The van der Waals surface area contributed by atoms with Gasteiger partial charge in [0.2, 0.25) is 0 Å². The van der Waals surface area contributed by atoms with Crippen LogP contribution in [0.25, 0.3) is 10.8 Å². The zero-order chi connectivity index (χ0) is 13.1. The fraction of sp³-hybridized carbons (Fsp3) is 0.286. The van der Waals surface area contributed by atoms with Gasteiger partial charge < -0.3 is 14.9 Å². The number of benzene rings is 2. The third-order valence-electron chi connectivity index (χ3n) is 3.01. The normalized spacial score (nSPS) is 14.4. The van der Waals surface area contributed by atoms with Gasteiger partial charge in [0.25, 0.3) is 0 Å². The molecular formula is C14H16O3S. The summed E-state index contributed by atoms with van der Waals surface area (Å²) in [5.74, 6) is 0.962. The van der Waals surface area contributed by atoms with Crippen LogP contribution in [0.15, 0.2) is 36.4 Å². The molecule has 0 saturated carbocycles. The Morgan fingerprint density at radius 1 is 1.11 bits per heavy atom. The van der Waals surface area contributed by atoms with Gasteiger partial charge in [0.1, 0.15) is 11.9 Å². The summed E-state index contributed by atoms with van der Waals surface area (Å²) >= 11 is 4.00. The molecule has 2 aromatic rings. The molecule has 2 rings (SSSR count). The van der Waals surface area contributed by atoms with Crippen molar-refractivity contribution in [2.75, 3.05) is 12.9 Å². The minimum atomic E-state index is -0.946. The first kappa shape index (κ1) is 13.2. The van der Waals surface area contributed by atoms with Gasteiger partial charge in [-0.25, -0.2) is 0 Å². The summed E-state index contributed by atoms with van der Waals surface area (Å²) in [5, 5.41) is 21.6. The van der Waals surface area contributed by atoms with Crippen LogP contribution in [0.4, 0.5) is 0 Å². The second kappa shape index (κ2) is 5.61. The summed E-state index contributed by atoms with van der Waals surface area (Å²) in [6.45, 7) is 0. The molecule has 96 valence electrons. The van der Waals surface area contributed by atoms with Gasteiger partial charge >= 0.3 is 0 Å². The Kier molecular flexibility index (Phi) is 4.11. The van der Waals surface area contributed by atoms with Gasteiger partial charge in [-0.1, -0.05) is 30.3 Å². The highest BCUT2D eigenvalue weighted by Gasteiger charge is 2.19. The second-order valence-electron chi connectivity index (χ2n) is 4.10. The maximum Gasteiger partial charge on any atom is 0.126 e. The topological polar surface area (TPSA) is 49.7 Å². The number of rotatable bonds is 4. The third-order valence-corrected chi connectivity index (χ3v) is 3.38. The molecule has 0 amide bonds. The molecule has 0 radical (unpaired) electrons. The van der Waals surface area contributed by atoms with Crippen molar-refractivity contribution in [2.45, 2.75) is 12.2 Å². The van der Waals surface area contributed by atoms with E-state index in [1.807, 2.05) is 24.3 Å². The number of thiol groups is 1. The van der Waals surface area contributed by atoms with Gasteiger partial charge in [-0.15, -0.1) is 0 Å². The number of hydrogen-bond acceptors (Lipinski definition) is 4. The molecule has 3 nitrogen and oxygen atoms in total. The van der Waals surface area contributed by atoms with E-state index in [2.05, 4.69) is 12.6 Å². The Hall–Kier alpha value is -1.23. The number of hydrogen-bond donors (Lipinski definition) is 3. The van der Waals surface area contributed by atoms with Crippen LogP contribution < -0.4 is 4.74 Å². The van der Waals surface area contributed by atoms with Crippen LogP contribution in [0.1, 0.15) is 11.7 Å². The molecule has 0 aliphatic carbocycles. The van der Waals surface area contributed by atoms with Crippen molar-refractivity contribution in [2.24, 2.45) is 0 Å². The Bertz CT molecular complexity index is 542. The molecule has 0 heterocycles. The van der Waals surface area contributed by atoms with Crippen LogP contribution in [0.2, 0.25) is 0 Å². The molecule has 0 bridgehead atoms. The predicted molar refractivity (Wildman–Crippen MR) is 75.3 cm³/mol. The summed E-state index contributed by atoms with van der Waals surface area (Å²) in [7, 11) is 1.61. The molecule has 0 aromatic heterocycles. The number of aliphatic hydroxyl groups excluding tert-OH is 2. The van der Waals surface area contributed by atoms with Gasteiger partial charge in [-0.05, 0) is 17.0 Å². The van der Waals surface area contributed by atoms with Gasteiger partial charge in [0, 0.05) is 11.1 Å². The Morgan fingerprint density at radius 2 is 1.78 bits per heavy atom.